The summed E-state index contributed by atoms with van der Waals surface area (Å²) in [5.74, 6) is 1.49. The Hall–Kier alpha value is -1.00. The molecule has 0 spiro atoms. The van der Waals surface area contributed by atoms with E-state index in [9.17, 15) is 0 Å². The number of hydrogen-bond donors (Lipinski definition) is 2. The summed E-state index contributed by atoms with van der Waals surface area (Å²) in [5.41, 5.74) is 9.50. The monoisotopic (exact) mass is 237 g/mol. The summed E-state index contributed by atoms with van der Waals surface area (Å²) >= 11 is 1.50. The van der Waals surface area contributed by atoms with Crippen molar-refractivity contribution in [1.29, 1.82) is 0 Å². The third kappa shape index (κ3) is 3.87. The molecule has 0 bridgehead atoms. The van der Waals surface area contributed by atoms with Crippen LogP contribution in [-0.4, -0.2) is 12.9 Å². The highest BCUT2D eigenvalue weighted by Gasteiger charge is 2.02. The third-order valence-corrected chi connectivity index (χ3v) is 3.21. The van der Waals surface area contributed by atoms with Gasteiger partial charge in [-0.2, -0.15) is 0 Å². The minimum absolute atomic E-state index is 0.619. The lowest BCUT2D eigenvalue weighted by Gasteiger charge is -2.09. The van der Waals surface area contributed by atoms with E-state index in [0.29, 0.717) is 5.84 Å². The van der Waals surface area contributed by atoms with Crippen molar-refractivity contribution in [1.82, 2.24) is 5.32 Å². The van der Waals surface area contributed by atoms with E-state index in [1.807, 2.05) is 7.05 Å². The molecule has 3 N–H and O–H groups in total. The first-order chi connectivity index (χ1) is 7.65. The molecule has 0 atom stereocenters. The largest absolute Gasteiger partial charge is 0.387 e. The van der Waals surface area contributed by atoms with Crippen LogP contribution in [0.5, 0.6) is 0 Å². The molecule has 1 rings (SSSR count). The Bertz CT molecular complexity index is 371. The average molecular weight is 237 g/mol. The van der Waals surface area contributed by atoms with E-state index in [1.54, 1.807) is 6.92 Å². The zero-order valence-electron chi connectivity index (χ0n) is 10.1. The maximum Gasteiger partial charge on any atom is 0.104 e. The molecule has 0 aliphatic heterocycles. The van der Waals surface area contributed by atoms with Crippen LogP contribution in [-0.2, 0) is 12.3 Å². The number of amidine groups is 1. The fourth-order valence-electron chi connectivity index (χ4n) is 1.48. The fourth-order valence-corrected chi connectivity index (χ4v) is 2.20. The van der Waals surface area contributed by atoms with Crippen molar-refractivity contribution in [2.75, 3.05) is 7.05 Å². The standard InChI is InChI=1S/C12H19N3S/c1-9-11(7-14-3)5-4-6-12(9)8-16-15-10(2)13/h4-6,14H,7-8H2,1-3H3,(H2,13,15). The molecule has 0 saturated heterocycles. The lowest BCUT2D eigenvalue weighted by atomic mass is 10.0. The Balaban J connectivity index is 2.73. The summed E-state index contributed by atoms with van der Waals surface area (Å²) in [4.78, 5) is 0. The smallest absolute Gasteiger partial charge is 0.104 e. The van der Waals surface area contributed by atoms with E-state index in [0.717, 1.165) is 12.3 Å². The van der Waals surface area contributed by atoms with Gasteiger partial charge in [0, 0.05) is 12.3 Å². The predicted molar refractivity (Wildman–Crippen MR) is 72.5 cm³/mol. The molecule has 4 heteroatoms. The average Bonchev–Trinajstić information content (AvgIpc) is 2.23. The number of benzene rings is 1. The van der Waals surface area contributed by atoms with Crippen molar-refractivity contribution in [3.63, 3.8) is 0 Å². The molecule has 0 heterocycles. The summed E-state index contributed by atoms with van der Waals surface area (Å²) < 4.78 is 4.13. The van der Waals surface area contributed by atoms with E-state index in [-0.39, 0.29) is 0 Å². The normalized spacial score (nSPS) is 11.8. The number of nitrogens with zero attached hydrogens (tertiary/aromatic N) is 1. The van der Waals surface area contributed by atoms with Gasteiger partial charge in [-0.3, -0.25) is 0 Å². The molecule has 16 heavy (non-hydrogen) atoms. The van der Waals surface area contributed by atoms with E-state index >= 15 is 0 Å². The minimum atomic E-state index is 0.619. The minimum Gasteiger partial charge on any atom is -0.387 e. The molecule has 0 unspecified atom stereocenters. The number of nitrogens with two attached hydrogens (primary N) is 1. The van der Waals surface area contributed by atoms with Crippen molar-refractivity contribution in [2.45, 2.75) is 26.1 Å². The van der Waals surface area contributed by atoms with Crippen molar-refractivity contribution in [2.24, 2.45) is 10.1 Å². The number of nitrogens with one attached hydrogen (secondary N) is 1. The topological polar surface area (TPSA) is 50.4 Å². The van der Waals surface area contributed by atoms with Gasteiger partial charge in [0.15, 0.2) is 0 Å². The van der Waals surface area contributed by atoms with Crippen molar-refractivity contribution >= 4 is 17.8 Å². The summed E-state index contributed by atoms with van der Waals surface area (Å²) in [7, 11) is 1.96. The van der Waals surface area contributed by atoms with Crippen LogP contribution in [0.1, 0.15) is 23.6 Å². The Morgan fingerprint density at radius 2 is 2.12 bits per heavy atom. The maximum atomic E-state index is 5.49. The molecular weight excluding hydrogens is 218 g/mol. The zero-order valence-corrected chi connectivity index (χ0v) is 10.9. The highest BCUT2D eigenvalue weighted by Crippen LogP contribution is 2.19. The van der Waals surface area contributed by atoms with Gasteiger partial charge in [0.05, 0.1) is 0 Å². The summed E-state index contributed by atoms with van der Waals surface area (Å²) in [6.07, 6.45) is 0. The second-order valence-electron chi connectivity index (χ2n) is 3.74. The van der Waals surface area contributed by atoms with Crippen molar-refractivity contribution in [3.05, 3.63) is 34.9 Å². The summed E-state index contributed by atoms with van der Waals surface area (Å²) in [6, 6.07) is 6.38. The van der Waals surface area contributed by atoms with Gasteiger partial charge in [-0.25, -0.2) is 4.40 Å². The van der Waals surface area contributed by atoms with Gasteiger partial charge in [-0.05, 0) is 49.5 Å². The van der Waals surface area contributed by atoms with Gasteiger partial charge in [-0.15, -0.1) is 0 Å². The van der Waals surface area contributed by atoms with Gasteiger partial charge in [0.2, 0.25) is 0 Å². The van der Waals surface area contributed by atoms with Gasteiger partial charge in [0.25, 0.3) is 0 Å². The van der Waals surface area contributed by atoms with Crippen LogP contribution in [0.15, 0.2) is 22.6 Å². The quantitative estimate of drug-likeness (QED) is 0.469. The molecular formula is C12H19N3S. The first-order valence-corrected chi connectivity index (χ1v) is 6.23. The van der Waals surface area contributed by atoms with Crippen LogP contribution < -0.4 is 11.1 Å². The first-order valence-electron chi connectivity index (χ1n) is 5.29. The molecule has 0 aliphatic rings. The molecule has 0 fully saturated rings. The van der Waals surface area contributed by atoms with Crippen LogP contribution >= 0.6 is 11.9 Å². The van der Waals surface area contributed by atoms with Crippen molar-refractivity contribution in [3.8, 4) is 0 Å². The number of hydrogen-bond acceptors (Lipinski definition) is 3. The van der Waals surface area contributed by atoms with Crippen LogP contribution in [0.3, 0.4) is 0 Å². The Labute approximate surface area is 102 Å². The van der Waals surface area contributed by atoms with Crippen LogP contribution in [0.25, 0.3) is 0 Å². The Kier molecular flexibility index (Phi) is 5.35. The molecule has 88 valence electrons. The van der Waals surface area contributed by atoms with Gasteiger partial charge >= 0.3 is 0 Å². The molecule has 0 aromatic heterocycles. The molecule has 0 saturated carbocycles. The molecule has 1 aromatic rings. The van der Waals surface area contributed by atoms with Crippen LogP contribution in [0, 0.1) is 6.92 Å². The molecule has 1 aromatic carbocycles. The highest BCUT2D eigenvalue weighted by atomic mass is 32.2. The zero-order chi connectivity index (χ0) is 12.0. The van der Waals surface area contributed by atoms with E-state index in [2.05, 4.69) is 34.8 Å². The molecule has 0 radical (unpaired) electrons. The molecule has 0 amide bonds. The fraction of sp³-hybridized carbons (Fsp3) is 0.417. The number of rotatable bonds is 5. The summed E-state index contributed by atoms with van der Waals surface area (Å²) in [6.45, 7) is 4.86. The van der Waals surface area contributed by atoms with Gasteiger partial charge < -0.3 is 11.1 Å². The lowest BCUT2D eigenvalue weighted by molar-refractivity contribution is 0.810. The van der Waals surface area contributed by atoms with Gasteiger partial charge in [0.1, 0.15) is 5.84 Å². The van der Waals surface area contributed by atoms with E-state index < -0.39 is 0 Å². The van der Waals surface area contributed by atoms with E-state index in [1.165, 1.54) is 28.6 Å². The van der Waals surface area contributed by atoms with Crippen molar-refractivity contribution < 1.29 is 0 Å². The predicted octanol–water partition coefficient (Wildman–Crippen LogP) is 2.24. The lowest BCUT2D eigenvalue weighted by Crippen LogP contribution is -2.07. The second kappa shape index (κ2) is 6.55. The highest BCUT2D eigenvalue weighted by molar-refractivity contribution is 7.97. The van der Waals surface area contributed by atoms with Crippen LogP contribution in [0.2, 0.25) is 0 Å². The Morgan fingerprint density at radius 1 is 1.44 bits per heavy atom. The SMILES string of the molecule is CNCc1cccc(CS/N=C(/C)N)c1C. The summed E-state index contributed by atoms with van der Waals surface area (Å²) in [5, 5.41) is 3.17. The van der Waals surface area contributed by atoms with E-state index in [4.69, 9.17) is 5.73 Å². The van der Waals surface area contributed by atoms with Gasteiger partial charge in [-0.1, -0.05) is 18.2 Å². The molecule has 3 nitrogen and oxygen atoms in total. The molecule has 0 aliphatic carbocycles. The maximum absolute atomic E-state index is 5.49. The van der Waals surface area contributed by atoms with Crippen LogP contribution in [0.4, 0.5) is 0 Å². The Morgan fingerprint density at radius 3 is 2.75 bits per heavy atom. The first kappa shape index (κ1) is 13.1. The third-order valence-electron chi connectivity index (χ3n) is 2.35. The second-order valence-corrected chi connectivity index (χ2v) is 4.47.